The largest absolute Gasteiger partial charge is 0.497 e. The highest BCUT2D eigenvalue weighted by molar-refractivity contribution is 5.59. The number of ether oxygens (including phenoxy) is 1. The van der Waals surface area contributed by atoms with E-state index in [4.69, 9.17) is 15.0 Å². The highest BCUT2D eigenvalue weighted by Gasteiger charge is 2.12. The standard InChI is InChI=1S/C15H14N4O2/c1-20-12-4-2-3-11(7-12)14-18-15(21-19-14)13-6-5-10(8-16)9-17-13/h2-7,9H,8,16H2,1H3. The van der Waals surface area contributed by atoms with Gasteiger partial charge in [0.05, 0.1) is 7.11 Å². The van der Waals surface area contributed by atoms with Gasteiger partial charge in [0.2, 0.25) is 5.82 Å². The molecule has 0 radical (unpaired) electrons. The molecule has 3 rings (SSSR count). The van der Waals surface area contributed by atoms with Crippen LogP contribution >= 0.6 is 0 Å². The monoisotopic (exact) mass is 282 g/mol. The van der Waals surface area contributed by atoms with E-state index in [9.17, 15) is 0 Å². The summed E-state index contributed by atoms with van der Waals surface area (Å²) < 4.78 is 10.4. The van der Waals surface area contributed by atoms with Gasteiger partial charge in [0.1, 0.15) is 11.4 Å². The lowest BCUT2D eigenvalue weighted by molar-refractivity contribution is 0.414. The molecule has 0 unspecified atom stereocenters. The van der Waals surface area contributed by atoms with Crippen molar-refractivity contribution < 1.29 is 9.26 Å². The van der Waals surface area contributed by atoms with Crippen LogP contribution in [0.25, 0.3) is 23.0 Å². The molecule has 0 aliphatic heterocycles. The summed E-state index contributed by atoms with van der Waals surface area (Å²) in [6.07, 6.45) is 1.70. The van der Waals surface area contributed by atoms with Crippen molar-refractivity contribution in [1.29, 1.82) is 0 Å². The zero-order valence-corrected chi connectivity index (χ0v) is 11.5. The van der Waals surface area contributed by atoms with Crippen molar-refractivity contribution in [3.05, 3.63) is 48.2 Å². The number of hydrogen-bond donors (Lipinski definition) is 1. The molecule has 0 saturated carbocycles. The first kappa shape index (κ1) is 13.3. The lowest BCUT2D eigenvalue weighted by atomic mass is 10.2. The fourth-order valence-electron chi connectivity index (χ4n) is 1.88. The van der Waals surface area contributed by atoms with Crippen LogP contribution in [0.2, 0.25) is 0 Å². The molecule has 0 bridgehead atoms. The van der Waals surface area contributed by atoms with Crippen LogP contribution in [-0.2, 0) is 6.54 Å². The number of nitrogens with two attached hydrogens (primary N) is 1. The zero-order chi connectivity index (χ0) is 14.7. The Hall–Kier alpha value is -2.73. The van der Waals surface area contributed by atoms with Gasteiger partial charge in [-0.15, -0.1) is 0 Å². The summed E-state index contributed by atoms with van der Waals surface area (Å²) in [7, 11) is 1.61. The van der Waals surface area contributed by atoms with E-state index in [-0.39, 0.29) is 0 Å². The Morgan fingerprint density at radius 2 is 2.14 bits per heavy atom. The topological polar surface area (TPSA) is 87.1 Å². The van der Waals surface area contributed by atoms with E-state index in [0.29, 0.717) is 24.0 Å². The fourth-order valence-corrected chi connectivity index (χ4v) is 1.88. The van der Waals surface area contributed by atoms with Crippen LogP contribution < -0.4 is 10.5 Å². The van der Waals surface area contributed by atoms with Gasteiger partial charge < -0.3 is 15.0 Å². The molecular formula is C15H14N4O2. The molecule has 0 spiro atoms. The lowest BCUT2D eigenvalue weighted by Gasteiger charge is -1.99. The van der Waals surface area contributed by atoms with Crippen molar-refractivity contribution in [3.63, 3.8) is 0 Å². The van der Waals surface area contributed by atoms with Crippen LogP contribution in [0.3, 0.4) is 0 Å². The number of rotatable bonds is 4. The van der Waals surface area contributed by atoms with E-state index in [1.54, 1.807) is 13.3 Å². The van der Waals surface area contributed by atoms with E-state index < -0.39 is 0 Å². The number of aromatic nitrogens is 3. The maximum Gasteiger partial charge on any atom is 0.276 e. The predicted molar refractivity (Wildman–Crippen MR) is 77.4 cm³/mol. The first-order valence-corrected chi connectivity index (χ1v) is 6.43. The highest BCUT2D eigenvalue weighted by Crippen LogP contribution is 2.23. The highest BCUT2D eigenvalue weighted by atomic mass is 16.5. The molecule has 0 amide bonds. The van der Waals surface area contributed by atoms with Gasteiger partial charge >= 0.3 is 0 Å². The van der Waals surface area contributed by atoms with Crippen molar-refractivity contribution in [2.24, 2.45) is 5.73 Å². The summed E-state index contributed by atoms with van der Waals surface area (Å²) >= 11 is 0. The summed E-state index contributed by atoms with van der Waals surface area (Å²) in [6, 6.07) is 11.2. The van der Waals surface area contributed by atoms with Gasteiger partial charge in [-0.1, -0.05) is 23.4 Å². The molecule has 6 nitrogen and oxygen atoms in total. The second-order valence-electron chi connectivity index (χ2n) is 4.41. The Kier molecular flexibility index (Phi) is 3.61. The molecule has 1 aromatic carbocycles. The molecule has 106 valence electrons. The Balaban J connectivity index is 1.91. The third-order valence-electron chi connectivity index (χ3n) is 3.03. The average molecular weight is 282 g/mol. The zero-order valence-electron chi connectivity index (χ0n) is 11.5. The molecule has 2 heterocycles. The predicted octanol–water partition coefficient (Wildman–Crippen LogP) is 2.27. The van der Waals surface area contributed by atoms with Gasteiger partial charge in [0.25, 0.3) is 5.89 Å². The second kappa shape index (κ2) is 5.72. The average Bonchev–Trinajstić information content (AvgIpc) is 3.05. The van der Waals surface area contributed by atoms with E-state index >= 15 is 0 Å². The third kappa shape index (κ3) is 2.75. The second-order valence-corrected chi connectivity index (χ2v) is 4.41. The summed E-state index contributed by atoms with van der Waals surface area (Å²) in [6.45, 7) is 0.451. The van der Waals surface area contributed by atoms with Crippen molar-refractivity contribution in [1.82, 2.24) is 15.1 Å². The minimum absolute atomic E-state index is 0.372. The summed E-state index contributed by atoms with van der Waals surface area (Å²) in [5.74, 6) is 1.61. The van der Waals surface area contributed by atoms with E-state index in [1.807, 2.05) is 36.4 Å². The van der Waals surface area contributed by atoms with E-state index in [1.165, 1.54) is 0 Å². The molecule has 2 N–H and O–H groups in total. The van der Waals surface area contributed by atoms with Crippen LogP contribution in [0.15, 0.2) is 47.1 Å². The molecule has 6 heteroatoms. The van der Waals surface area contributed by atoms with Crippen LogP contribution in [0.5, 0.6) is 5.75 Å². The van der Waals surface area contributed by atoms with E-state index in [2.05, 4.69) is 15.1 Å². The molecule has 0 aliphatic carbocycles. The van der Waals surface area contributed by atoms with Crippen molar-refractivity contribution in [3.8, 4) is 28.7 Å². The molecule has 2 aromatic heterocycles. The smallest absolute Gasteiger partial charge is 0.276 e. The normalized spacial score (nSPS) is 10.6. The fraction of sp³-hybridized carbons (Fsp3) is 0.133. The molecule has 3 aromatic rings. The maximum atomic E-state index is 5.54. The summed E-state index contributed by atoms with van der Waals surface area (Å²) in [5, 5.41) is 3.97. The van der Waals surface area contributed by atoms with Crippen molar-refractivity contribution in [2.75, 3.05) is 7.11 Å². The van der Waals surface area contributed by atoms with Crippen LogP contribution in [0.4, 0.5) is 0 Å². The quantitative estimate of drug-likeness (QED) is 0.789. The number of methoxy groups -OCH3 is 1. The summed E-state index contributed by atoms with van der Waals surface area (Å²) in [4.78, 5) is 8.61. The van der Waals surface area contributed by atoms with Gasteiger partial charge in [-0.05, 0) is 23.8 Å². The number of hydrogen-bond acceptors (Lipinski definition) is 6. The van der Waals surface area contributed by atoms with Gasteiger partial charge in [-0.25, -0.2) is 0 Å². The molecule has 21 heavy (non-hydrogen) atoms. The van der Waals surface area contributed by atoms with Gasteiger partial charge in [-0.2, -0.15) is 4.98 Å². The van der Waals surface area contributed by atoms with Crippen LogP contribution in [0, 0.1) is 0 Å². The minimum Gasteiger partial charge on any atom is -0.497 e. The van der Waals surface area contributed by atoms with Crippen LogP contribution in [0.1, 0.15) is 5.56 Å². The van der Waals surface area contributed by atoms with E-state index in [0.717, 1.165) is 16.9 Å². The van der Waals surface area contributed by atoms with Crippen LogP contribution in [-0.4, -0.2) is 22.2 Å². The van der Waals surface area contributed by atoms with Gasteiger partial charge in [0, 0.05) is 18.3 Å². The molecule has 0 atom stereocenters. The SMILES string of the molecule is COc1cccc(-c2noc(-c3ccc(CN)cn3)n2)c1. The Morgan fingerprint density at radius 3 is 2.86 bits per heavy atom. The van der Waals surface area contributed by atoms with Gasteiger partial charge in [-0.3, -0.25) is 4.98 Å². The Labute approximate surface area is 121 Å². The molecular weight excluding hydrogens is 268 g/mol. The molecule has 0 fully saturated rings. The minimum atomic E-state index is 0.372. The summed E-state index contributed by atoms with van der Waals surface area (Å²) in [5.41, 5.74) is 7.93. The number of nitrogens with zero attached hydrogens (tertiary/aromatic N) is 3. The third-order valence-corrected chi connectivity index (χ3v) is 3.03. The first-order chi connectivity index (χ1) is 10.3. The van der Waals surface area contributed by atoms with Crippen molar-refractivity contribution >= 4 is 0 Å². The lowest BCUT2D eigenvalue weighted by Crippen LogP contribution is -1.96. The Bertz CT molecular complexity index is 737. The van der Waals surface area contributed by atoms with Gasteiger partial charge in [0.15, 0.2) is 0 Å². The first-order valence-electron chi connectivity index (χ1n) is 6.43. The Morgan fingerprint density at radius 1 is 1.24 bits per heavy atom. The number of pyridine rings is 1. The number of benzene rings is 1. The molecule has 0 saturated heterocycles. The maximum absolute atomic E-state index is 5.54. The van der Waals surface area contributed by atoms with Crippen molar-refractivity contribution in [2.45, 2.75) is 6.54 Å². The molecule has 0 aliphatic rings.